The van der Waals surface area contributed by atoms with Crippen LogP contribution in [0.3, 0.4) is 0 Å². The highest BCUT2D eigenvalue weighted by Gasteiger charge is 2.54. The van der Waals surface area contributed by atoms with Crippen LogP contribution in [0.2, 0.25) is 0 Å². The molecule has 1 amide bonds. The summed E-state index contributed by atoms with van der Waals surface area (Å²) in [5.41, 5.74) is -1.24. The summed E-state index contributed by atoms with van der Waals surface area (Å²) in [6.45, 7) is 0.720. The van der Waals surface area contributed by atoms with Crippen molar-refractivity contribution in [2.45, 2.75) is 37.8 Å². The van der Waals surface area contributed by atoms with Gasteiger partial charge in [0.2, 0.25) is 0 Å². The minimum absolute atomic E-state index is 0.0394. The highest BCUT2D eigenvalue weighted by molar-refractivity contribution is 5.84. The van der Waals surface area contributed by atoms with Gasteiger partial charge in [0.25, 0.3) is 5.92 Å². The van der Waals surface area contributed by atoms with Gasteiger partial charge in [0.05, 0.1) is 0 Å². The number of hydrogen-bond donors (Lipinski definition) is 1. The van der Waals surface area contributed by atoms with Gasteiger partial charge in [0, 0.05) is 19.4 Å². The van der Waals surface area contributed by atoms with E-state index in [9.17, 15) is 23.5 Å². The second-order valence-corrected chi connectivity index (χ2v) is 5.55. The second kappa shape index (κ2) is 5.90. The molecule has 22 heavy (non-hydrogen) atoms. The van der Waals surface area contributed by atoms with Crippen molar-refractivity contribution in [2.24, 2.45) is 0 Å². The lowest BCUT2D eigenvalue weighted by atomic mass is 9.86. The second-order valence-electron chi connectivity index (χ2n) is 5.55. The fraction of sp³-hybridized carbons (Fsp3) is 0.467. The molecule has 1 aliphatic rings. The number of amides is 1. The van der Waals surface area contributed by atoms with Gasteiger partial charge in [0.1, 0.15) is 12.1 Å². The Hall–Kier alpha value is -2.18. The fourth-order valence-corrected chi connectivity index (χ4v) is 2.49. The SMILES string of the molecule is CC1(C(=O)O)CC(F)(F)CCN1C(=O)OCc1ccccc1. The number of ether oxygens (including phenoxy) is 1. The molecular weight excluding hydrogens is 296 g/mol. The van der Waals surface area contributed by atoms with E-state index in [-0.39, 0.29) is 13.2 Å². The van der Waals surface area contributed by atoms with E-state index >= 15 is 0 Å². The first kappa shape index (κ1) is 16.2. The van der Waals surface area contributed by atoms with Gasteiger partial charge in [-0.05, 0) is 12.5 Å². The first-order valence-corrected chi connectivity index (χ1v) is 6.84. The van der Waals surface area contributed by atoms with Crippen LogP contribution in [-0.2, 0) is 16.1 Å². The molecular formula is C15H17F2NO4. The highest BCUT2D eigenvalue weighted by atomic mass is 19.3. The predicted octanol–water partition coefficient (Wildman–Crippen LogP) is 2.90. The Morgan fingerprint density at radius 2 is 1.95 bits per heavy atom. The number of rotatable bonds is 3. The van der Waals surface area contributed by atoms with Gasteiger partial charge in [-0.3, -0.25) is 4.90 Å². The first-order chi connectivity index (χ1) is 10.2. The molecule has 0 saturated carbocycles. The number of alkyl halides is 2. The molecule has 7 heteroatoms. The quantitative estimate of drug-likeness (QED) is 0.932. The number of hydrogen-bond acceptors (Lipinski definition) is 3. The summed E-state index contributed by atoms with van der Waals surface area (Å²) < 4.78 is 32.1. The number of halogens is 2. The van der Waals surface area contributed by atoms with Gasteiger partial charge in [-0.1, -0.05) is 30.3 Å². The van der Waals surface area contributed by atoms with Crippen molar-refractivity contribution >= 4 is 12.1 Å². The van der Waals surface area contributed by atoms with Crippen molar-refractivity contribution in [1.29, 1.82) is 0 Å². The van der Waals surface area contributed by atoms with Crippen molar-refractivity contribution in [3.05, 3.63) is 35.9 Å². The van der Waals surface area contributed by atoms with E-state index in [1.165, 1.54) is 0 Å². The Balaban J connectivity index is 2.08. The van der Waals surface area contributed by atoms with E-state index in [2.05, 4.69) is 0 Å². The van der Waals surface area contributed by atoms with Gasteiger partial charge in [-0.25, -0.2) is 18.4 Å². The van der Waals surface area contributed by atoms with E-state index in [0.717, 1.165) is 17.4 Å². The molecule has 0 bridgehead atoms. The van der Waals surface area contributed by atoms with E-state index in [1.54, 1.807) is 30.3 Å². The van der Waals surface area contributed by atoms with E-state index < -0.39 is 36.4 Å². The third-order valence-corrected chi connectivity index (χ3v) is 3.79. The summed E-state index contributed by atoms with van der Waals surface area (Å²) in [5.74, 6) is -4.58. The smallest absolute Gasteiger partial charge is 0.411 e. The van der Waals surface area contributed by atoms with Gasteiger partial charge in [0.15, 0.2) is 0 Å². The molecule has 1 atom stereocenters. The molecule has 1 unspecified atom stereocenters. The summed E-state index contributed by atoms with van der Waals surface area (Å²) in [4.78, 5) is 24.3. The summed E-state index contributed by atoms with van der Waals surface area (Å²) in [7, 11) is 0. The molecule has 1 saturated heterocycles. The van der Waals surface area contributed by atoms with Crippen molar-refractivity contribution in [3.8, 4) is 0 Å². The topological polar surface area (TPSA) is 66.8 Å². The van der Waals surface area contributed by atoms with Crippen molar-refractivity contribution in [3.63, 3.8) is 0 Å². The number of carbonyl (C=O) groups is 2. The largest absolute Gasteiger partial charge is 0.480 e. The average molecular weight is 313 g/mol. The molecule has 5 nitrogen and oxygen atoms in total. The Morgan fingerprint density at radius 3 is 2.55 bits per heavy atom. The molecule has 0 radical (unpaired) electrons. The number of aliphatic carboxylic acids is 1. The monoisotopic (exact) mass is 313 g/mol. The summed E-state index contributed by atoms with van der Waals surface area (Å²) >= 11 is 0. The fourth-order valence-electron chi connectivity index (χ4n) is 2.49. The minimum atomic E-state index is -3.11. The summed E-state index contributed by atoms with van der Waals surface area (Å²) in [6, 6.07) is 8.83. The minimum Gasteiger partial charge on any atom is -0.480 e. The molecule has 1 aliphatic heterocycles. The van der Waals surface area contributed by atoms with Crippen LogP contribution in [0.4, 0.5) is 13.6 Å². The van der Waals surface area contributed by atoms with Crippen molar-refractivity contribution in [2.75, 3.05) is 6.54 Å². The molecule has 1 aromatic rings. The zero-order valence-electron chi connectivity index (χ0n) is 12.1. The number of nitrogens with zero attached hydrogens (tertiary/aromatic N) is 1. The van der Waals surface area contributed by atoms with Crippen molar-refractivity contribution in [1.82, 2.24) is 4.90 Å². The molecule has 1 heterocycles. The number of carboxylic acid groups (broad SMARTS) is 1. The van der Waals surface area contributed by atoms with Crippen LogP contribution in [0.25, 0.3) is 0 Å². The lowest BCUT2D eigenvalue weighted by Crippen LogP contribution is -2.61. The molecule has 120 valence electrons. The molecule has 0 spiro atoms. The molecule has 1 fully saturated rings. The number of carboxylic acids is 1. The van der Waals surface area contributed by atoms with Gasteiger partial charge >= 0.3 is 12.1 Å². The third kappa shape index (κ3) is 3.35. The van der Waals surface area contributed by atoms with Crippen LogP contribution in [-0.4, -0.2) is 40.1 Å². The average Bonchev–Trinajstić information content (AvgIpc) is 2.45. The zero-order valence-corrected chi connectivity index (χ0v) is 12.1. The van der Waals surface area contributed by atoms with Crippen LogP contribution in [0, 0.1) is 0 Å². The third-order valence-electron chi connectivity index (χ3n) is 3.79. The van der Waals surface area contributed by atoms with Crippen LogP contribution >= 0.6 is 0 Å². The van der Waals surface area contributed by atoms with E-state index in [1.807, 2.05) is 0 Å². The number of piperidine rings is 1. The summed E-state index contributed by atoms with van der Waals surface area (Å²) in [6.07, 6.45) is -2.39. The maximum absolute atomic E-state index is 13.5. The standard InChI is InChI=1S/C15H17F2NO4/c1-14(12(19)20)10-15(16,17)7-8-18(14)13(21)22-9-11-5-3-2-4-6-11/h2-6H,7-10H2,1H3,(H,19,20). The highest BCUT2D eigenvalue weighted by Crippen LogP contribution is 2.38. The number of carbonyl (C=O) groups excluding carboxylic acids is 1. The normalized spacial score (nSPS) is 23.9. The molecule has 2 rings (SSSR count). The Bertz CT molecular complexity index is 564. The predicted molar refractivity (Wildman–Crippen MR) is 73.6 cm³/mol. The first-order valence-electron chi connectivity index (χ1n) is 6.84. The Labute approximate surface area is 126 Å². The number of likely N-dealkylation sites (tertiary alicyclic amines) is 1. The lowest BCUT2D eigenvalue weighted by Gasteiger charge is -2.43. The van der Waals surface area contributed by atoms with Crippen LogP contribution in [0.15, 0.2) is 30.3 Å². The van der Waals surface area contributed by atoms with Crippen LogP contribution < -0.4 is 0 Å². The Kier molecular flexibility index (Phi) is 4.35. The van der Waals surface area contributed by atoms with E-state index in [4.69, 9.17) is 4.74 Å². The molecule has 1 N–H and O–H groups in total. The van der Waals surface area contributed by atoms with Crippen molar-refractivity contribution < 1.29 is 28.2 Å². The Morgan fingerprint density at radius 1 is 1.32 bits per heavy atom. The van der Waals surface area contributed by atoms with Crippen LogP contribution in [0.5, 0.6) is 0 Å². The molecule has 0 aromatic heterocycles. The zero-order chi connectivity index (χ0) is 16.4. The number of benzene rings is 1. The molecule has 1 aromatic carbocycles. The van der Waals surface area contributed by atoms with Crippen LogP contribution in [0.1, 0.15) is 25.3 Å². The lowest BCUT2D eigenvalue weighted by molar-refractivity contribution is -0.165. The van der Waals surface area contributed by atoms with Gasteiger partial charge in [-0.15, -0.1) is 0 Å². The van der Waals surface area contributed by atoms with Gasteiger partial charge < -0.3 is 9.84 Å². The maximum Gasteiger partial charge on any atom is 0.411 e. The van der Waals surface area contributed by atoms with E-state index in [0.29, 0.717) is 0 Å². The maximum atomic E-state index is 13.5. The van der Waals surface area contributed by atoms with Gasteiger partial charge in [-0.2, -0.15) is 0 Å². The molecule has 0 aliphatic carbocycles. The summed E-state index contributed by atoms with van der Waals surface area (Å²) in [5, 5.41) is 9.25.